The predicted octanol–water partition coefficient (Wildman–Crippen LogP) is 4.86. The van der Waals surface area contributed by atoms with Gasteiger partial charge in [0.15, 0.2) is 17.3 Å². The van der Waals surface area contributed by atoms with Crippen molar-refractivity contribution in [1.82, 2.24) is 14.9 Å². The molecule has 0 aliphatic rings. The second-order valence-corrected chi connectivity index (χ2v) is 6.65. The molecule has 0 fully saturated rings. The van der Waals surface area contributed by atoms with Crippen LogP contribution in [0.4, 0.5) is 0 Å². The van der Waals surface area contributed by atoms with Gasteiger partial charge in [-0.2, -0.15) is 14.9 Å². The third kappa shape index (κ3) is 4.79. The van der Waals surface area contributed by atoms with Crippen LogP contribution < -0.4 is 9.47 Å². The van der Waals surface area contributed by atoms with Crippen LogP contribution in [-0.2, 0) is 6.42 Å². The lowest BCUT2D eigenvalue weighted by molar-refractivity contribution is 0.288. The molecule has 8 heteroatoms. The minimum atomic E-state index is 0.421. The minimum Gasteiger partial charge on any atom is -0.490 e. The Morgan fingerprint density at radius 1 is 1.18 bits per heavy atom. The van der Waals surface area contributed by atoms with E-state index in [9.17, 15) is 0 Å². The number of rotatable bonds is 8. The topological polar surface area (TPSA) is 64.4 Å². The number of H-pyrrole nitrogens is 1. The van der Waals surface area contributed by atoms with Crippen molar-refractivity contribution in [3.05, 3.63) is 69.2 Å². The van der Waals surface area contributed by atoms with Crippen molar-refractivity contribution in [2.75, 3.05) is 13.2 Å². The minimum absolute atomic E-state index is 0.421. The molecule has 1 N–H and O–H groups in total. The average molecular weight is 417 g/mol. The number of aromatic nitrogens is 3. The molecule has 1 aromatic heterocycles. The number of benzene rings is 2. The van der Waals surface area contributed by atoms with E-state index in [1.165, 1.54) is 0 Å². The Labute approximate surface area is 173 Å². The van der Waals surface area contributed by atoms with Crippen molar-refractivity contribution in [3.63, 3.8) is 0 Å². The largest absolute Gasteiger partial charge is 0.490 e. The Hall–Kier alpha value is -2.64. The molecule has 0 atom stereocenters. The summed E-state index contributed by atoms with van der Waals surface area (Å²) in [6.45, 7) is 4.81. The van der Waals surface area contributed by atoms with Crippen LogP contribution in [0.3, 0.4) is 0 Å². The zero-order valence-corrected chi connectivity index (χ0v) is 17.3. The van der Waals surface area contributed by atoms with Gasteiger partial charge in [-0.1, -0.05) is 41.9 Å². The summed E-state index contributed by atoms with van der Waals surface area (Å²) in [5, 5.41) is 12.0. The van der Waals surface area contributed by atoms with Crippen molar-refractivity contribution >= 4 is 30.0 Å². The number of hydrogen-bond acceptors (Lipinski definition) is 5. The van der Waals surface area contributed by atoms with Crippen molar-refractivity contribution in [1.29, 1.82) is 0 Å². The van der Waals surface area contributed by atoms with E-state index < -0.39 is 0 Å². The standard InChI is InChI=1S/C20H21ClN4O2S/c1-3-26-17-11-15(10-16(21)19(17)27-4-2)13-22-25-18(23-24-20(25)28)12-14-8-6-5-7-9-14/h5-11,13H,3-4,12H2,1-2H3,(H,24,28)/b22-13-. The van der Waals surface area contributed by atoms with Crippen LogP contribution >= 0.6 is 23.8 Å². The molecule has 0 radical (unpaired) electrons. The van der Waals surface area contributed by atoms with E-state index in [1.54, 1.807) is 17.0 Å². The van der Waals surface area contributed by atoms with Crippen molar-refractivity contribution in [2.24, 2.45) is 5.10 Å². The smallest absolute Gasteiger partial charge is 0.216 e. The second kappa shape index (κ2) is 9.52. The number of aromatic amines is 1. The van der Waals surface area contributed by atoms with Gasteiger partial charge < -0.3 is 9.47 Å². The third-order valence-electron chi connectivity index (χ3n) is 3.87. The van der Waals surface area contributed by atoms with Crippen molar-refractivity contribution in [3.8, 4) is 11.5 Å². The highest BCUT2D eigenvalue weighted by Gasteiger charge is 2.12. The van der Waals surface area contributed by atoms with Gasteiger partial charge in [0.2, 0.25) is 4.77 Å². The number of hydrogen-bond donors (Lipinski definition) is 1. The van der Waals surface area contributed by atoms with Crippen LogP contribution in [-0.4, -0.2) is 34.3 Å². The first-order chi connectivity index (χ1) is 13.6. The molecule has 3 aromatic rings. The van der Waals surface area contributed by atoms with Crippen molar-refractivity contribution in [2.45, 2.75) is 20.3 Å². The van der Waals surface area contributed by atoms with Crippen LogP contribution in [0.25, 0.3) is 0 Å². The van der Waals surface area contributed by atoms with Crippen LogP contribution in [0.2, 0.25) is 5.02 Å². The molecule has 0 amide bonds. The summed E-state index contributed by atoms with van der Waals surface area (Å²) in [5.74, 6) is 1.83. The highest BCUT2D eigenvalue weighted by molar-refractivity contribution is 7.71. The lowest BCUT2D eigenvalue weighted by atomic mass is 10.1. The normalized spacial score (nSPS) is 11.1. The Kier molecular flexibility index (Phi) is 6.84. The Morgan fingerprint density at radius 2 is 1.93 bits per heavy atom. The van der Waals surface area contributed by atoms with Gasteiger partial charge in [-0.3, -0.25) is 5.10 Å². The maximum atomic E-state index is 6.37. The SMILES string of the molecule is CCOc1cc(/C=N\n2c(Cc3ccccc3)n[nH]c2=S)cc(Cl)c1OCC. The van der Waals surface area contributed by atoms with Crippen LogP contribution in [0.15, 0.2) is 47.6 Å². The maximum absolute atomic E-state index is 6.37. The molecule has 0 unspecified atom stereocenters. The van der Waals surface area contributed by atoms with Gasteiger partial charge in [0, 0.05) is 6.42 Å². The number of halogens is 1. The maximum Gasteiger partial charge on any atom is 0.216 e. The molecule has 6 nitrogen and oxygen atoms in total. The van der Waals surface area contributed by atoms with E-state index >= 15 is 0 Å². The Morgan fingerprint density at radius 3 is 2.64 bits per heavy atom. The van der Waals surface area contributed by atoms with Gasteiger partial charge >= 0.3 is 0 Å². The summed E-state index contributed by atoms with van der Waals surface area (Å²) in [7, 11) is 0. The first-order valence-corrected chi connectivity index (χ1v) is 9.74. The van der Waals surface area contributed by atoms with Crippen LogP contribution in [0.1, 0.15) is 30.8 Å². The van der Waals surface area contributed by atoms with Gasteiger partial charge in [0.05, 0.1) is 24.5 Å². The number of nitrogens with zero attached hydrogens (tertiary/aromatic N) is 3. The Bertz CT molecular complexity index is 1010. The quantitative estimate of drug-likeness (QED) is 0.420. The fourth-order valence-electron chi connectivity index (χ4n) is 2.67. The highest BCUT2D eigenvalue weighted by atomic mass is 35.5. The third-order valence-corrected chi connectivity index (χ3v) is 4.41. The number of ether oxygens (including phenoxy) is 2. The molecule has 0 saturated heterocycles. The molecule has 3 rings (SSSR count). The fraction of sp³-hybridized carbons (Fsp3) is 0.250. The molecular formula is C20H21ClN4O2S. The molecule has 146 valence electrons. The van der Waals surface area contributed by atoms with E-state index in [2.05, 4.69) is 15.3 Å². The van der Waals surface area contributed by atoms with Gasteiger partial charge in [-0.05, 0) is 49.3 Å². The summed E-state index contributed by atoms with van der Waals surface area (Å²) in [6.07, 6.45) is 2.28. The molecule has 0 bridgehead atoms. The summed E-state index contributed by atoms with van der Waals surface area (Å²) in [6, 6.07) is 13.6. The van der Waals surface area contributed by atoms with Crippen LogP contribution in [0, 0.1) is 4.77 Å². The molecule has 0 spiro atoms. The van der Waals surface area contributed by atoms with Gasteiger partial charge in [-0.25, -0.2) is 0 Å². The van der Waals surface area contributed by atoms with Gasteiger partial charge in [0.25, 0.3) is 0 Å². The van der Waals surface area contributed by atoms with E-state index in [1.807, 2.05) is 50.2 Å². The summed E-state index contributed by atoms with van der Waals surface area (Å²) >= 11 is 11.7. The Balaban J connectivity index is 1.90. The van der Waals surface area contributed by atoms with E-state index in [0.29, 0.717) is 40.9 Å². The van der Waals surface area contributed by atoms with E-state index in [0.717, 1.165) is 17.0 Å². The second-order valence-electron chi connectivity index (χ2n) is 5.86. The average Bonchev–Trinajstić information content (AvgIpc) is 3.03. The molecule has 28 heavy (non-hydrogen) atoms. The summed E-state index contributed by atoms with van der Waals surface area (Å²) < 4.78 is 13.3. The van der Waals surface area contributed by atoms with E-state index in [4.69, 9.17) is 33.3 Å². The summed E-state index contributed by atoms with van der Waals surface area (Å²) in [5.41, 5.74) is 1.89. The number of nitrogens with one attached hydrogen (secondary N) is 1. The first kappa shape index (κ1) is 20.1. The fourth-order valence-corrected chi connectivity index (χ4v) is 3.14. The molecular weight excluding hydrogens is 396 g/mol. The monoisotopic (exact) mass is 416 g/mol. The predicted molar refractivity (Wildman–Crippen MR) is 113 cm³/mol. The van der Waals surface area contributed by atoms with Crippen molar-refractivity contribution < 1.29 is 9.47 Å². The lowest BCUT2D eigenvalue weighted by Gasteiger charge is -2.13. The molecule has 0 aliphatic carbocycles. The molecule has 0 aliphatic heterocycles. The molecule has 0 saturated carbocycles. The van der Waals surface area contributed by atoms with Gasteiger partial charge in [0.1, 0.15) is 0 Å². The first-order valence-electron chi connectivity index (χ1n) is 8.96. The zero-order chi connectivity index (χ0) is 19.9. The van der Waals surface area contributed by atoms with Crippen LogP contribution in [0.5, 0.6) is 11.5 Å². The zero-order valence-electron chi connectivity index (χ0n) is 15.7. The highest BCUT2D eigenvalue weighted by Crippen LogP contribution is 2.36. The summed E-state index contributed by atoms with van der Waals surface area (Å²) in [4.78, 5) is 0. The molecule has 2 aromatic carbocycles. The van der Waals surface area contributed by atoms with E-state index in [-0.39, 0.29) is 0 Å². The lowest BCUT2D eigenvalue weighted by Crippen LogP contribution is -2.02. The van der Waals surface area contributed by atoms with Gasteiger partial charge in [-0.15, -0.1) is 0 Å². The molecule has 1 heterocycles.